The fraction of sp³-hybridized carbons (Fsp3) is 0.188. The van der Waals surface area contributed by atoms with E-state index in [4.69, 9.17) is 12.2 Å². The van der Waals surface area contributed by atoms with E-state index in [9.17, 15) is 4.79 Å². The second-order valence-electron chi connectivity index (χ2n) is 5.33. The number of hydrogen-bond donors (Lipinski definition) is 1. The van der Waals surface area contributed by atoms with Crippen molar-refractivity contribution in [3.63, 3.8) is 0 Å². The molecule has 0 aliphatic carbocycles. The lowest BCUT2D eigenvalue weighted by molar-refractivity contribution is -0.116. The Morgan fingerprint density at radius 3 is 2.65 bits per heavy atom. The molecule has 1 amide bonds. The Morgan fingerprint density at radius 1 is 1.22 bits per heavy atom. The summed E-state index contributed by atoms with van der Waals surface area (Å²) in [6, 6.07) is 9.61. The van der Waals surface area contributed by atoms with E-state index in [1.54, 1.807) is 15.7 Å². The zero-order valence-corrected chi connectivity index (χ0v) is 13.7. The number of carbonyl (C=O) groups excluding carboxylic acids is 1. The third-order valence-corrected chi connectivity index (χ3v) is 4.04. The average Bonchev–Trinajstić information content (AvgIpc) is 3.14. The number of aromatic nitrogens is 4. The largest absolute Gasteiger partial charge is 0.324 e. The van der Waals surface area contributed by atoms with Crippen LogP contribution in [0.4, 0.5) is 5.69 Å². The van der Waals surface area contributed by atoms with Gasteiger partial charge in [0, 0.05) is 18.1 Å². The maximum atomic E-state index is 12.2. The standard InChI is InChI=1S/C16H17N5OS/c1-12-5-6-14(9-13(12)2)18-15(22)10-20-16(23)21(11-17-20)19-7-3-4-8-19/h3-9,11H,10H2,1-2H3,(H,18,22). The van der Waals surface area contributed by atoms with Crippen LogP contribution in [0.15, 0.2) is 49.1 Å². The van der Waals surface area contributed by atoms with E-state index in [-0.39, 0.29) is 12.5 Å². The quantitative estimate of drug-likeness (QED) is 0.750. The molecule has 118 valence electrons. The Labute approximate surface area is 139 Å². The first-order valence-corrected chi connectivity index (χ1v) is 7.60. The van der Waals surface area contributed by atoms with Crippen LogP contribution in [0, 0.1) is 18.6 Å². The Hall–Kier alpha value is -2.67. The summed E-state index contributed by atoms with van der Waals surface area (Å²) >= 11 is 5.36. The van der Waals surface area contributed by atoms with Gasteiger partial charge < -0.3 is 5.32 Å². The number of amides is 1. The third-order valence-electron chi connectivity index (χ3n) is 3.64. The van der Waals surface area contributed by atoms with E-state index in [0.29, 0.717) is 4.77 Å². The van der Waals surface area contributed by atoms with Crippen molar-refractivity contribution < 1.29 is 4.79 Å². The number of anilines is 1. The Kier molecular flexibility index (Phi) is 4.12. The van der Waals surface area contributed by atoms with Gasteiger partial charge in [-0.15, -0.1) is 0 Å². The topological polar surface area (TPSA) is 56.8 Å². The monoisotopic (exact) mass is 327 g/mol. The molecular weight excluding hydrogens is 310 g/mol. The molecule has 3 rings (SSSR count). The summed E-state index contributed by atoms with van der Waals surface area (Å²) in [5.41, 5.74) is 3.10. The molecular formula is C16H17N5OS. The van der Waals surface area contributed by atoms with E-state index < -0.39 is 0 Å². The second kappa shape index (κ2) is 6.21. The van der Waals surface area contributed by atoms with E-state index in [1.807, 2.05) is 56.6 Å². The first kappa shape index (κ1) is 15.2. The zero-order valence-electron chi connectivity index (χ0n) is 12.9. The van der Waals surface area contributed by atoms with Crippen LogP contribution >= 0.6 is 12.2 Å². The molecule has 0 bridgehead atoms. The van der Waals surface area contributed by atoms with Crippen molar-refractivity contribution in [2.75, 3.05) is 5.32 Å². The van der Waals surface area contributed by atoms with E-state index >= 15 is 0 Å². The molecule has 0 aliphatic heterocycles. The van der Waals surface area contributed by atoms with Crippen molar-refractivity contribution in [1.82, 2.24) is 19.1 Å². The fourth-order valence-electron chi connectivity index (χ4n) is 2.22. The van der Waals surface area contributed by atoms with Gasteiger partial charge in [0.1, 0.15) is 12.9 Å². The molecule has 6 nitrogen and oxygen atoms in total. The van der Waals surface area contributed by atoms with E-state index in [2.05, 4.69) is 10.4 Å². The van der Waals surface area contributed by atoms with Crippen molar-refractivity contribution >= 4 is 23.8 Å². The summed E-state index contributed by atoms with van der Waals surface area (Å²) in [6.07, 6.45) is 5.31. The molecule has 23 heavy (non-hydrogen) atoms. The lowest BCUT2D eigenvalue weighted by Crippen LogP contribution is -2.20. The van der Waals surface area contributed by atoms with Gasteiger partial charge in [0.25, 0.3) is 0 Å². The third kappa shape index (κ3) is 3.24. The molecule has 0 aliphatic rings. The molecule has 0 radical (unpaired) electrons. The average molecular weight is 327 g/mol. The molecule has 0 fully saturated rings. The molecule has 0 unspecified atom stereocenters. The number of hydrogen-bond acceptors (Lipinski definition) is 3. The lowest BCUT2D eigenvalue weighted by atomic mass is 10.1. The van der Waals surface area contributed by atoms with Crippen molar-refractivity contribution in [3.05, 3.63) is 65.0 Å². The van der Waals surface area contributed by atoms with Crippen LogP contribution in [-0.4, -0.2) is 25.0 Å². The predicted octanol–water partition coefficient (Wildman–Crippen LogP) is 2.78. The first-order chi connectivity index (χ1) is 11.0. The van der Waals surface area contributed by atoms with Crippen molar-refractivity contribution in [2.45, 2.75) is 20.4 Å². The predicted molar refractivity (Wildman–Crippen MR) is 90.8 cm³/mol. The minimum absolute atomic E-state index is 0.0695. The van der Waals surface area contributed by atoms with Crippen LogP contribution in [0.5, 0.6) is 0 Å². The number of nitrogens with one attached hydrogen (secondary N) is 1. The Balaban J connectivity index is 1.73. The highest BCUT2D eigenvalue weighted by Crippen LogP contribution is 2.14. The maximum absolute atomic E-state index is 12.2. The highest BCUT2D eigenvalue weighted by atomic mass is 32.1. The molecule has 2 heterocycles. The van der Waals surface area contributed by atoms with Gasteiger partial charge in [0.15, 0.2) is 0 Å². The minimum Gasteiger partial charge on any atom is -0.324 e. The maximum Gasteiger partial charge on any atom is 0.246 e. The smallest absolute Gasteiger partial charge is 0.246 e. The molecule has 0 saturated carbocycles. The van der Waals surface area contributed by atoms with Crippen LogP contribution < -0.4 is 5.32 Å². The molecule has 7 heteroatoms. The van der Waals surface area contributed by atoms with Gasteiger partial charge in [-0.1, -0.05) is 6.07 Å². The van der Waals surface area contributed by atoms with E-state index in [0.717, 1.165) is 11.3 Å². The Bertz CT molecular complexity index is 892. The summed E-state index contributed by atoms with van der Waals surface area (Å²) in [4.78, 5) is 12.2. The summed E-state index contributed by atoms with van der Waals surface area (Å²) in [6.45, 7) is 4.12. The van der Waals surface area contributed by atoms with Gasteiger partial charge in [-0.2, -0.15) is 5.10 Å². The number of aryl methyl sites for hydroxylation is 2. The lowest BCUT2D eigenvalue weighted by Gasteiger charge is -2.08. The summed E-state index contributed by atoms with van der Waals surface area (Å²) < 4.78 is 5.44. The van der Waals surface area contributed by atoms with Crippen molar-refractivity contribution in [3.8, 4) is 0 Å². The summed E-state index contributed by atoms with van der Waals surface area (Å²) in [7, 11) is 0. The normalized spacial score (nSPS) is 10.7. The van der Waals surface area contributed by atoms with Crippen LogP contribution in [0.2, 0.25) is 0 Å². The number of rotatable bonds is 4. The van der Waals surface area contributed by atoms with Gasteiger partial charge in [-0.25, -0.2) is 9.36 Å². The van der Waals surface area contributed by atoms with Gasteiger partial charge in [0.2, 0.25) is 10.7 Å². The van der Waals surface area contributed by atoms with Crippen LogP contribution in [-0.2, 0) is 11.3 Å². The highest BCUT2D eigenvalue weighted by Gasteiger charge is 2.08. The van der Waals surface area contributed by atoms with Gasteiger partial charge in [0.05, 0.1) is 0 Å². The first-order valence-electron chi connectivity index (χ1n) is 7.20. The molecule has 3 aromatic rings. The van der Waals surface area contributed by atoms with Gasteiger partial charge in [-0.05, 0) is 61.5 Å². The van der Waals surface area contributed by atoms with Gasteiger partial charge >= 0.3 is 0 Å². The molecule has 1 N–H and O–H groups in total. The van der Waals surface area contributed by atoms with Crippen LogP contribution in [0.1, 0.15) is 11.1 Å². The molecule has 2 aromatic heterocycles. The van der Waals surface area contributed by atoms with Crippen molar-refractivity contribution in [1.29, 1.82) is 0 Å². The SMILES string of the molecule is Cc1ccc(NC(=O)Cn2ncn(-n3cccc3)c2=S)cc1C. The van der Waals surface area contributed by atoms with Gasteiger partial charge in [-0.3, -0.25) is 9.47 Å². The van der Waals surface area contributed by atoms with Crippen LogP contribution in [0.3, 0.4) is 0 Å². The summed E-state index contributed by atoms with van der Waals surface area (Å²) in [5.74, 6) is -0.165. The van der Waals surface area contributed by atoms with Crippen LogP contribution in [0.25, 0.3) is 0 Å². The zero-order chi connectivity index (χ0) is 16.4. The summed E-state index contributed by atoms with van der Waals surface area (Å²) in [5, 5.41) is 7.05. The molecule has 1 aromatic carbocycles. The Morgan fingerprint density at radius 2 is 1.96 bits per heavy atom. The number of carbonyl (C=O) groups is 1. The fourth-order valence-corrected chi connectivity index (χ4v) is 2.47. The second-order valence-corrected chi connectivity index (χ2v) is 5.69. The molecule has 0 spiro atoms. The van der Waals surface area contributed by atoms with E-state index in [1.165, 1.54) is 10.2 Å². The number of nitrogens with zero attached hydrogens (tertiary/aromatic N) is 4. The molecule has 0 atom stereocenters. The number of benzene rings is 1. The molecule has 0 saturated heterocycles. The highest BCUT2D eigenvalue weighted by molar-refractivity contribution is 7.71. The van der Waals surface area contributed by atoms with Crippen molar-refractivity contribution in [2.24, 2.45) is 0 Å². The minimum atomic E-state index is -0.165.